The van der Waals surface area contributed by atoms with E-state index in [0.717, 1.165) is 18.8 Å². The van der Waals surface area contributed by atoms with Crippen molar-refractivity contribution < 1.29 is 47.2 Å². The molecule has 1 aliphatic heterocycles. The quantitative estimate of drug-likeness (QED) is 0.137. The number of para-hydroxylation sites is 1. The zero-order chi connectivity index (χ0) is 22.3. The summed E-state index contributed by atoms with van der Waals surface area (Å²) in [6.07, 6.45) is -2.37. The number of aliphatic hydroxyl groups is 1. The number of esters is 1. The van der Waals surface area contributed by atoms with Gasteiger partial charge in [0.05, 0.1) is 0 Å². The average Bonchev–Trinajstić information content (AvgIpc) is 2.94. The first kappa shape index (κ1) is 25.0. The van der Waals surface area contributed by atoms with Crippen LogP contribution in [0.1, 0.15) is 27.7 Å². The van der Waals surface area contributed by atoms with Crippen LogP contribution in [0.15, 0.2) is 35.4 Å². The van der Waals surface area contributed by atoms with Gasteiger partial charge in [-0.3, -0.25) is 0 Å². The van der Waals surface area contributed by atoms with E-state index in [1.807, 2.05) is 18.2 Å². The molecular formula is C18H27N4O6PW. The summed E-state index contributed by atoms with van der Waals surface area (Å²) in [6, 6.07) is 7.77. The molecule has 0 amide bonds. The van der Waals surface area contributed by atoms with Gasteiger partial charge in [0.15, 0.2) is 0 Å². The number of carbonyl (C=O) groups is 1. The number of aliphatic hydroxyl groups excluding tert-OH is 1. The Balaban J connectivity index is 2.12. The average molecular weight is 610 g/mol. The molecule has 0 aliphatic carbocycles. The first-order valence-corrected chi connectivity index (χ1v) is 15.0. The molecule has 1 saturated heterocycles. The van der Waals surface area contributed by atoms with Gasteiger partial charge in [0.1, 0.15) is 0 Å². The number of ether oxygens (including phenoxy) is 2. The molecule has 0 radical (unpaired) electrons. The number of nitrogens with zero attached hydrogens (tertiary/aromatic N) is 3. The number of hydrogen-bond donors (Lipinski definition) is 2. The van der Waals surface area contributed by atoms with Crippen LogP contribution in [0.4, 0.5) is 0 Å². The summed E-state index contributed by atoms with van der Waals surface area (Å²) in [5, 5.41) is 17.2. The Morgan fingerprint density at radius 3 is 2.67 bits per heavy atom. The zero-order valence-corrected chi connectivity index (χ0v) is 21.1. The van der Waals surface area contributed by atoms with Crippen molar-refractivity contribution in [2.75, 3.05) is 6.61 Å². The minimum absolute atomic E-state index is 0.00597. The molecule has 12 heteroatoms. The van der Waals surface area contributed by atoms with E-state index in [1.54, 1.807) is 39.8 Å². The number of benzene rings is 1. The van der Waals surface area contributed by atoms with Gasteiger partial charge in [0.25, 0.3) is 0 Å². The van der Waals surface area contributed by atoms with Gasteiger partial charge in [0.2, 0.25) is 0 Å². The van der Waals surface area contributed by atoms with E-state index >= 15 is 0 Å². The van der Waals surface area contributed by atoms with Crippen LogP contribution in [0.2, 0.25) is 0 Å². The second-order valence-corrected chi connectivity index (χ2v) is 14.0. The summed E-state index contributed by atoms with van der Waals surface area (Å²) in [6.45, 7) is 6.97. The van der Waals surface area contributed by atoms with Crippen molar-refractivity contribution in [3.8, 4) is 5.75 Å². The molecule has 1 aromatic rings. The third-order valence-electron chi connectivity index (χ3n) is 4.22. The van der Waals surface area contributed by atoms with Crippen LogP contribution in [0.3, 0.4) is 0 Å². The molecule has 2 rings (SSSR count). The van der Waals surface area contributed by atoms with Crippen molar-refractivity contribution in [1.82, 2.24) is 5.09 Å². The molecule has 166 valence electrons. The predicted molar refractivity (Wildman–Crippen MR) is 107 cm³/mol. The summed E-state index contributed by atoms with van der Waals surface area (Å²) in [5.74, 6) is 0.177. The summed E-state index contributed by atoms with van der Waals surface area (Å²) >= 11 is 0.956. The molecule has 1 fully saturated rings. The van der Waals surface area contributed by atoms with Crippen molar-refractivity contribution in [2.24, 2.45) is 5.11 Å². The van der Waals surface area contributed by atoms with E-state index in [2.05, 4.69) is 15.1 Å². The van der Waals surface area contributed by atoms with E-state index in [-0.39, 0.29) is 12.7 Å². The Morgan fingerprint density at radius 2 is 2.07 bits per heavy atom. The fourth-order valence-electron chi connectivity index (χ4n) is 2.80. The zero-order valence-electron chi connectivity index (χ0n) is 17.2. The van der Waals surface area contributed by atoms with Gasteiger partial charge < -0.3 is 0 Å². The van der Waals surface area contributed by atoms with Gasteiger partial charge in [-0.1, -0.05) is 0 Å². The van der Waals surface area contributed by atoms with Crippen LogP contribution in [0, 0.1) is 0 Å². The summed E-state index contributed by atoms with van der Waals surface area (Å²) in [4.78, 5) is 15.0. The Hall–Kier alpha value is -1.24. The summed E-state index contributed by atoms with van der Waals surface area (Å²) in [7, 11) is 0. The number of carbonyl (C=O) groups excluding carboxylic acids is 1. The third kappa shape index (κ3) is 7.17. The van der Waals surface area contributed by atoms with Crippen LogP contribution < -0.4 is 9.61 Å². The first-order valence-electron chi connectivity index (χ1n) is 9.50. The summed E-state index contributed by atoms with van der Waals surface area (Å²) in [5.41, 5.74) is 5.94. The maximum absolute atomic E-state index is 12.3. The molecule has 0 saturated carbocycles. The predicted octanol–water partition coefficient (Wildman–Crippen LogP) is 3.06. The fourth-order valence-corrected chi connectivity index (χ4v) is 7.59. The van der Waals surface area contributed by atoms with Crippen LogP contribution in [-0.4, -0.2) is 54.2 Å². The second-order valence-electron chi connectivity index (χ2n) is 7.10. The van der Waals surface area contributed by atoms with Gasteiger partial charge in [-0.05, 0) is 0 Å². The van der Waals surface area contributed by atoms with Crippen molar-refractivity contribution in [1.29, 1.82) is 0 Å². The van der Waals surface area contributed by atoms with Crippen molar-refractivity contribution in [3.05, 3.63) is 40.8 Å². The molecule has 1 aliphatic rings. The van der Waals surface area contributed by atoms with Gasteiger partial charge in [-0.2, -0.15) is 0 Å². The molecule has 30 heavy (non-hydrogen) atoms. The summed E-state index contributed by atoms with van der Waals surface area (Å²) < 4.78 is 23.2. The topological polar surface area (TPSA) is 135 Å². The van der Waals surface area contributed by atoms with Crippen LogP contribution in [-0.2, 0) is 37.6 Å². The van der Waals surface area contributed by atoms with E-state index in [4.69, 9.17) is 24.1 Å². The monoisotopic (exact) mass is 610 g/mol. The van der Waals surface area contributed by atoms with Crippen LogP contribution in [0.5, 0.6) is 5.75 Å². The standard InChI is InChI=1S/C18H27N4O6P.W/c1-11(2)26-18(24)12(3)21-29(28-14-8-6-5-7-9-14)25-10-15-17(23)16(20-22-19)13(4)27-15;/h5-9,11-13,15-17,21,23H,10H2,1-4H3;/t12-,13-,15+,16-,17+,29?;/m0./s1. The molecule has 0 aromatic heterocycles. The first-order chi connectivity index (χ1) is 14.1. The van der Waals surface area contributed by atoms with Crippen molar-refractivity contribution >= 4 is 11.5 Å². The van der Waals surface area contributed by atoms with Gasteiger partial charge >= 0.3 is 186 Å². The van der Waals surface area contributed by atoms with Gasteiger partial charge in [-0.25, -0.2) is 0 Å². The third-order valence-corrected chi connectivity index (χ3v) is 8.94. The molecule has 1 heterocycles. The van der Waals surface area contributed by atoms with E-state index in [1.165, 1.54) is 0 Å². The molecule has 1 unspecified atom stereocenters. The number of hydrogen-bond acceptors (Lipinski definition) is 8. The van der Waals surface area contributed by atoms with Gasteiger partial charge in [-0.15, -0.1) is 0 Å². The van der Waals surface area contributed by atoms with E-state index in [9.17, 15) is 9.90 Å². The number of nitrogens with one attached hydrogen (secondary N) is 1. The normalized spacial score (nSPS) is 26.5. The molecule has 2 N–H and O–H groups in total. The Morgan fingerprint density at radius 1 is 1.40 bits per heavy atom. The fraction of sp³-hybridized carbons (Fsp3) is 0.611. The molecular weight excluding hydrogens is 583 g/mol. The number of azide groups is 1. The van der Waals surface area contributed by atoms with Crippen LogP contribution in [0.25, 0.3) is 10.4 Å². The van der Waals surface area contributed by atoms with E-state index < -0.39 is 41.9 Å². The molecule has 6 atom stereocenters. The SMILES string of the molecule is CC(C)OC(=O)[C@H](C)N[P](=[W])(OC[C@H]1O[C@@H](C)[C@H](N=[N+]=[N-])[C@@H]1O)Oc1ccccc1. The minimum atomic E-state index is -2.74. The molecule has 10 nitrogen and oxygen atoms in total. The second kappa shape index (κ2) is 11.4. The van der Waals surface area contributed by atoms with Crippen LogP contribution >= 0.6 is 5.50 Å². The van der Waals surface area contributed by atoms with E-state index in [0.29, 0.717) is 5.75 Å². The Labute approximate surface area is 186 Å². The molecule has 0 spiro atoms. The maximum atomic E-state index is 12.3. The molecule has 0 bridgehead atoms. The van der Waals surface area contributed by atoms with Gasteiger partial charge in [0, 0.05) is 0 Å². The molecule has 1 aromatic carbocycles. The van der Waals surface area contributed by atoms with Crippen molar-refractivity contribution in [2.45, 2.75) is 64.2 Å². The Kier molecular flexibility index (Phi) is 9.51. The Bertz CT molecular complexity index is 807. The van der Waals surface area contributed by atoms with Crippen molar-refractivity contribution in [3.63, 3.8) is 0 Å². The number of rotatable bonds is 10.